The number of hydrogen-bond donors (Lipinski definition) is 1. The lowest BCUT2D eigenvalue weighted by Gasteiger charge is -2.13. The molecule has 1 fully saturated rings. The van der Waals surface area contributed by atoms with Gasteiger partial charge >= 0.3 is 0 Å². The van der Waals surface area contributed by atoms with Crippen LogP contribution in [0.1, 0.15) is 44.1 Å². The van der Waals surface area contributed by atoms with Gasteiger partial charge in [-0.2, -0.15) is 0 Å². The molecular weight excluding hydrogens is 215 g/mol. The van der Waals surface area contributed by atoms with Crippen molar-refractivity contribution in [1.82, 2.24) is 0 Å². The van der Waals surface area contributed by atoms with E-state index in [0.29, 0.717) is 6.42 Å². The van der Waals surface area contributed by atoms with E-state index in [1.165, 1.54) is 37.8 Å². The molecule has 2 rings (SSSR count). The van der Waals surface area contributed by atoms with E-state index in [9.17, 15) is 9.50 Å². The average Bonchev–Trinajstić information content (AvgIpc) is 2.83. The molecule has 0 heterocycles. The highest BCUT2D eigenvalue weighted by Crippen LogP contribution is 2.29. The van der Waals surface area contributed by atoms with Gasteiger partial charge in [-0.05, 0) is 42.9 Å². The first kappa shape index (κ1) is 12.6. The number of benzene rings is 1. The molecule has 1 saturated carbocycles. The third kappa shape index (κ3) is 4.12. The Morgan fingerprint density at radius 1 is 1.18 bits per heavy atom. The Morgan fingerprint density at radius 3 is 2.47 bits per heavy atom. The van der Waals surface area contributed by atoms with Gasteiger partial charge in [0.05, 0.1) is 6.10 Å². The normalized spacial score (nSPS) is 18.5. The smallest absolute Gasteiger partial charge is 0.123 e. The molecule has 0 spiro atoms. The first-order chi connectivity index (χ1) is 8.24. The molecule has 1 aromatic rings. The summed E-state index contributed by atoms with van der Waals surface area (Å²) in [5.74, 6) is 0.618. The molecule has 0 radical (unpaired) electrons. The van der Waals surface area contributed by atoms with E-state index in [-0.39, 0.29) is 11.9 Å². The van der Waals surface area contributed by atoms with E-state index >= 15 is 0 Å². The molecule has 2 heteroatoms. The Bertz CT molecular complexity index is 327. The van der Waals surface area contributed by atoms with Crippen molar-refractivity contribution in [1.29, 1.82) is 0 Å². The maximum Gasteiger partial charge on any atom is 0.123 e. The topological polar surface area (TPSA) is 20.2 Å². The Morgan fingerprint density at radius 2 is 1.82 bits per heavy atom. The molecule has 1 aromatic carbocycles. The number of aliphatic hydroxyl groups is 1. The largest absolute Gasteiger partial charge is 0.393 e. The van der Waals surface area contributed by atoms with Crippen LogP contribution < -0.4 is 0 Å². The zero-order valence-corrected chi connectivity index (χ0v) is 10.2. The van der Waals surface area contributed by atoms with Crippen LogP contribution in [0.25, 0.3) is 0 Å². The van der Waals surface area contributed by atoms with E-state index in [4.69, 9.17) is 0 Å². The number of rotatable bonds is 5. The van der Waals surface area contributed by atoms with E-state index in [1.54, 1.807) is 12.1 Å². The lowest BCUT2D eigenvalue weighted by atomic mass is 9.97. The van der Waals surface area contributed by atoms with Crippen LogP contribution >= 0.6 is 0 Å². The van der Waals surface area contributed by atoms with Gasteiger partial charge in [-0.25, -0.2) is 4.39 Å². The molecule has 17 heavy (non-hydrogen) atoms. The fourth-order valence-corrected chi connectivity index (χ4v) is 2.72. The van der Waals surface area contributed by atoms with Crippen molar-refractivity contribution in [3.05, 3.63) is 35.6 Å². The minimum absolute atomic E-state index is 0.214. The molecular formula is C15H21FO. The molecule has 0 amide bonds. The van der Waals surface area contributed by atoms with Crippen molar-refractivity contribution in [2.45, 2.75) is 51.0 Å². The fraction of sp³-hybridized carbons (Fsp3) is 0.600. The molecule has 1 aliphatic rings. The molecule has 0 saturated heterocycles. The third-order valence-electron chi connectivity index (χ3n) is 3.77. The van der Waals surface area contributed by atoms with Crippen LogP contribution in [0.15, 0.2) is 24.3 Å². The quantitative estimate of drug-likeness (QED) is 0.826. The number of hydrogen-bond acceptors (Lipinski definition) is 1. The van der Waals surface area contributed by atoms with Gasteiger partial charge in [0.1, 0.15) is 5.82 Å². The summed E-state index contributed by atoms with van der Waals surface area (Å²) in [6.07, 6.45) is 7.78. The molecule has 0 aliphatic heterocycles. The molecule has 1 atom stereocenters. The van der Waals surface area contributed by atoms with Crippen molar-refractivity contribution >= 4 is 0 Å². The maximum absolute atomic E-state index is 12.7. The molecule has 1 unspecified atom stereocenters. The van der Waals surface area contributed by atoms with Crippen LogP contribution in [-0.2, 0) is 6.42 Å². The molecule has 1 aliphatic carbocycles. The van der Waals surface area contributed by atoms with E-state index in [0.717, 1.165) is 24.3 Å². The Hall–Kier alpha value is -0.890. The van der Waals surface area contributed by atoms with Gasteiger partial charge in [-0.1, -0.05) is 37.8 Å². The zero-order chi connectivity index (χ0) is 12.1. The highest BCUT2D eigenvalue weighted by atomic mass is 19.1. The van der Waals surface area contributed by atoms with Crippen LogP contribution in [0.2, 0.25) is 0 Å². The Balaban J connectivity index is 1.72. The van der Waals surface area contributed by atoms with Gasteiger partial charge in [-0.3, -0.25) is 0 Å². The van der Waals surface area contributed by atoms with E-state index < -0.39 is 0 Å². The minimum Gasteiger partial charge on any atom is -0.393 e. The zero-order valence-electron chi connectivity index (χ0n) is 10.2. The number of halogens is 1. The second kappa shape index (κ2) is 6.15. The number of aliphatic hydroxyl groups excluding tert-OH is 1. The lowest BCUT2D eigenvalue weighted by molar-refractivity contribution is 0.155. The summed E-state index contributed by atoms with van der Waals surface area (Å²) in [5.41, 5.74) is 1.02. The predicted molar refractivity (Wildman–Crippen MR) is 67.3 cm³/mol. The lowest BCUT2D eigenvalue weighted by Crippen LogP contribution is -2.12. The Kier molecular flexibility index (Phi) is 4.55. The molecule has 94 valence electrons. The van der Waals surface area contributed by atoms with Crippen molar-refractivity contribution in [3.63, 3.8) is 0 Å². The second-order valence-electron chi connectivity index (χ2n) is 5.21. The third-order valence-corrected chi connectivity index (χ3v) is 3.77. The van der Waals surface area contributed by atoms with Gasteiger partial charge < -0.3 is 5.11 Å². The van der Waals surface area contributed by atoms with Crippen molar-refractivity contribution in [3.8, 4) is 0 Å². The van der Waals surface area contributed by atoms with Crippen LogP contribution in [0.3, 0.4) is 0 Å². The minimum atomic E-state index is -0.277. The van der Waals surface area contributed by atoms with Gasteiger partial charge in [0, 0.05) is 0 Å². The maximum atomic E-state index is 12.7. The molecule has 1 N–H and O–H groups in total. The molecule has 0 bridgehead atoms. The molecule has 0 aromatic heterocycles. The summed E-state index contributed by atoms with van der Waals surface area (Å²) in [4.78, 5) is 0. The standard InChI is InChI=1S/C15H21FO/c16-14-8-5-13(6-9-14)11-15(17)10-7-12-3-1-2-4-12/h5-6,8-9,12,15,17H,1-4,7,10-11H2. The second-order valence-corrected chi connectivity index (χ2v) is 5.21. The van der Waals surface area contributed by atoms with Crippen LogP contribution in [0.5, 0.6) is 0 Å². The SMILES string of the molecule is OC(CCC1CCCC1)Cc1ccc(F)cc1. The fourth-order valence-electron chi connectivity index (χ4n) is 2.72. The van der Waals surface area contributed by atoms with E-state index in [1.807, 2.05) is 0 Å². The summed E-state index contributed by atoms with van der Waals surface area (Å²) in [6.45, 7) is 0. The van der Waals surface area contributed by atoms with Crippen LogP contribution in [0.4, 0.5) is 4.39 Å². The van der Waals surface area contributed by atoms with Gasteiger partial charge in [0.15, 0.2) is 0 Å². The van der Waals surface area contributed by atoms with Crippen molar-refractivity contribution < 1.29 is 9.50 Å². The summed E-state index contributed by atoms with van der Waals surface area (Å²) in [6, 6.07) is 6.43. The first-order valence-corrected chi connectivity index (χ1v) is 6.66. The van der Waals surface area contributed by atoms with E-state index in [2.05, 4.69) is 0 Å². The van der Waals surface area contributed by atoms with Gasteiger partial charge in [0.2, 0.25) is 0 Å². The monoisotopic (exact) mass is 236 g/mol. The summed E-state index contributed by atoms with van der Waals surface area (Å²) < 4.78 is 12.7. The van der Waals surface area contributed by atoms with Crippen LogP contribution in [0, 0.1) is 11.7 Å². The predicted octanol–water partition coefficient (Wildman–Crippen LogP) is 3.70. The summed E-state index contributed by atoms with van der Waals surface area (Å²) in [7, 11) is 0. The Labute approximate surface area is 103 Å². The molecule has 1 nitrogen and oxygen atoms in total. The highest BCUT2D eigenvalue weighted by Gasteiger charge is 2.16. The van der Waals surface area contributed by atoms with Gasteiger partial charge in [0.25, 0.3) is 0 Å². The van der Waals surface area contributed by atoms with Crippen molar-refractivity contribution in [2.24, 2.45) is 5.92 Å². The van der Waals surface area contributed by atoms with Gasteiger partial charge in [-0.15, -0.1) is 0 Å². The van der Waals surface area contributed by atoms with Crippen LogP contribution in [-0.4, -0.2) is 11.2 Å². The highest BCUT2D eigenvalue weighted by molar-refractivity contribution is 5.16. The summed E-state index contributed by atoms with van der Waals surface area (Å²) >= 11 is 0. The first-order valence-electron chi connectivity index (χ1n) is 6.66. The summed E-state index contributed by atoms with van der Waals surface area (Å²) in [5, 5.41) is 9.94. The average molecular weight is 236 g/mol. The van der Waals surface area contributed by atoms with Crippen molar-refractivity contribution in [2.75, 3.05) is 0 Å².